The molecule has 0 saturated heterocycles. The normalized spacial score (nSPS) is 14.9. The first-order valence-electron chi connectivity index (χ1n) is 13.0. The number of benzene rings is 1. The standard InChI is InChI=1S/C26H37F3N4O8/c1-12(2)21(26(40)41)32-23(37)13(3)31-25(39)22(14(4)34)33-24(38)17(9-10-18(35)36)30-11-5-6-15-7-8-16(27)20(29)19(15)28/h7-8,12-14,17,21-22,30,34H,5-6,9-11H2,1-4H3,(H,31,39)(H,32,37)(H,33,38)(H,35,36)(H,40,41)/t13-,14+,17-,21-,22-/m0/s1. The van der Waals surface area contributed by atoms with Gasteiger partial charge in [0.15, 0.2) is 17.5 Å². The number of carbonyl (C=O) groups excluding carboxylic acids is 3. The molecule has 0 unspecified atom stereocenters. The van der Waals surface area contributed by atoms with E-state index in [2.05, 4.69) is 21.3 Å². The molecule has 12 nitrogen and oxygen atoms in total. The molecular formula is C26H37F3N4O8. The van der Waals surface area contributed by atoms with E-state index in [-0.39, 0.29) is 31.4 Å². The Morgan fingerprint density at radius 1 is 0.829 bits per heavy atom. The molecule has 0 aromatic heterocycles. The van der Waals surface area contributed by atoms with Gasteiger partial charge in [0.05, 0.1) is 12.1 Å². The van der Waals surface area contributed by atoms with Crippen molar-refractivity contribution in [3.63, 3.8) is 0 Å². The molecule has 5 atom stereocenters. The van der Waals surface area contributed by atoms with Crippen LogP contribution in [0.25, 0.3) is 0 Å². The van der Waals surface area contributed by atoms with Gasteiger partial charge in [-0.3, -0.25) is 19.2 Å². The summed E-state index contributed by atoms with van der Waals surface area (Å²) >= 11 is 0. The molecule has 0 spiro atoms. The van der Waals surface area contributed by atoms with E-state index >= 15 is 0 Å². The van der Waals surface area contributed by atoms with Crippen LogP contribution in [0.1, 0.15) is 52.5 Å². The Morgan fingerprint density at radius 3 is 1.98 bits per heavy atom. The minimum absolute atomic E-state index is 0.0263. The van der Waals surface area contributed by atoms with Gasteiger partial charge in [-0.25, -0.2) is 18.0 Å². The molecule has 1 rings (SSSR count). The number of hydrogen-bond donors (Lipinski definition) is 7. The number of carboxylic acid groups (broad SMARTS) is 2. The van der Waals surface area contributed by atoms with Gasteiger partial charge in [-0.05, 0) is 57.2 Å². The minimum atomic E-state index is -1.61. The summed E-state index contributed by atoms with van der Waals surface area (Å²) in [6.45, 7) is 5.67. The molecule has 1 aromatic rings. The van der Waals surface area contributed by atoms with Crippen molar-refractivity contribution in [3.8, 4) is 0 Å². The summed E-state index contributed by atoms with van der Waals surface area (Å²) < 4.78 is 40.4. The van der Waals surface area contributed by atoms with Gasteiger partial charge in [0.1, 0.15) is 18.1 Å². The van der Waals surface area contributed by atoms with Gasteiger partial charge in [-0.1, -0.05) is 19.9 Å². The second-order valence-corrected chi connectivity index (χ2v) is 9.90. The summed E-state index contributed by atoms with van der Waals surface area (Å²) in [6, 6.07) is -3.32. The first-order chi connectivity index (χ1) is 19.1. The molecule has 230 valence electrons. The molecule has 0 fully saturated rings. The average Bonchev–Trinajstić information content (AvgIpc) is 2.88. The monoisotopic (exact) mass is 590 g/mol. The summed E-state index contributed by atoms with van der Waals surface area (Å²) in [6.07, 6.45) is -1.99. The number of aliphatic hydroxyl groups excluding tert-OH is 1. The number of aryl methyl sites for hydroxylation is 1. The molecule has 0 aliphatic heterocycles. The fraction of sp³-hybridized carbons (Fsp3) is 0.577. The van der Waals surface area contributed by atoms with Crippen LogP contribution in [0.5, 0.6) is 0 Å². The van der Waals surface area contributed by atoms with Crippen LogP contribution in [0.3, 0.4) is 0 Å². The van der Waals surface area contributed by atoms with Crippen LogP contribution in [-0.2, 0) is 30.4 Å². The number of rotatable bonds is 17. The maximum Gasteiger partial charge on any atom is 0.326 e. The van der Waals surface area contributed by atoms with E-state index in [1.165, 1.54) is 13.8 Å². The molecular weight excluding hydrogens is 553 g/mol. The van der Waals surface area contributed by atoms with E-state index in [1.807, 2.05) is 0 Å². The lowest BCUT2D eigenvalue weighted by molar-refractivity contribution is -0.143. The van der Waals surface area contributed by atoms with Crippen LogP contribution >= 0.6 is 0 Å². The molecule has 3 amide bonds. The Hall–Kier alpha value is -3.72. The lowest BCUT2D eigenvalue weighted by atomic mass is 10.0. The molecule has 7 N–H and O–H groups in total. The van der Waals surface area contributed by atoms with Gasteiger partial charge < -0.3 is 36.6 Å². The quantitative estimate of drug-likeness (QED) is 0.0996. The third kappa shape index (κ3) is 11.4. The van der Waals surface area contributed by atoms with E-state index < -0.39 is 89.7 Å². The summed E-state index contributed by atoms with van der Waals surface area (Å²) in [5, 5.41) is 38.1. The number of carbonyl (C=O) groups is 5. The van der Waals surface area contributed by atoms with Gasteiger partial charge in [0.2, 0.25) is 17.7 Å². The second-order valence-electron chi connectivity index (χ2n) is 9.90. The highest BCUT2D eigenvalue weighted by molar-refractivity contribution is 5.94. The number of aliphatic hydroxyl groups is 1. The zero-order chi connectivity index (χ0) is 31.4. The van der Waals surface area contributed by atoms with Crippen LogP contribution in [0, 0.1) is 23.4 Å². The molecule has 0 heterocycles. The molecule has 0 saturated carbocycles. The predicted molar refractivity (Wildman–Crippen MR) is 139 cm³/mol. The predicted octanol–water partition coefficient (Wildman–Crippen LogP) is 0.455. The van der Waals surface area contributed by atoms with Crippen molar-refractivity contribution in [1.82, 2.24) is 21.3 Å². The van der Waals surface area contributed by atoms with Crippen molar-refractivity contribution in [3.05, 3.63) is 35.1 Å². The largest absolute Gasteiger partial charge is 0.481 e. The van der Waals surface area contributed by atoms with Crippen LogP contribution in [0.15, 0.2) is 12.1 Å². The van der Waals surface area contributed by atoms with Crippen molar-refractivity contribution < 1.29 is 52.5 Å². The summed E-state index contributed by atoms with van der Waals surface area (Å²) in [5.41, 5.74) is -0.0932. The zero-order valence-electron chi connectivity index (χ0n) is 23.2. The van der Waals surface area contributed by atoms with Crippen molar-refractivity contribution >= 4 is 29.7 Å². The van der Waals surface area contributed by atoms with Crippen LogP contribution in [0.2, 0.25) is 0 Å². The molecule has 0 radical (unpaired) electrons. The van der Waals surface area contributed by atoms with Crippen molar-refractivity contribution in [2.45, 2.75) is 83.6 Å². The van der Waals surface area contributed by atoms with Crippen LogP contribution in [0.4, 0.5) is 13.2 Å². The second kappa shape index (κ2) is 16.5. The molecule has 0 aliphatic carbocycles. The van der Waals surface area contributed by atoms with Gasteiger partial charge in [-0.2, -0.15) is 0 Å². The maximum absolute atomic E-state index is 13.9. The van der Waals surface area contributed by atoms with E-state index in [0.29, 0.717) is 0 Å². The summed E-state index contributed by atoms with van der Waals surface area (Å²) in [7, 11) is 0. The van der Waals surface area contributed by atoms with E-state index in [1.54, 1.807) is 13.8 Å². The number of hydrogen-bond acceptors (Lipinski definition) is 7. The highest BCUT2D eigenvalue weighted by atomic mass is 19.2. The third-order valence-electron chi connectivity index (χ3n) is 6.14. The molecule has 1 aromatic carbocycles. The van der Waals surface area contributed by atoms with Crippen molar-refractivity contribution in [2.75, 3.05) is 6.54 Å². The Kier molecular flexibility index (Phi) is 14.2. The zero-order valence-corrected chi connectivity index (χ0v) is 23.2. The Morgan fingerprint density at radius 2 is 1.44 bits per heavy atom. The Balaban J connectivity index is 2.85. The lowest BCUT2D eigenvalue weighted by Crippen LogP contribution is -2.59. The average molecular weight is 591 g/mol. The number of aliphatic carboxylic acids is 2. The van der Waals surface area contributed by atoms with E-state index in [0.717, 1.165) is 12.1 Å². The van der Waals surface area contributed by atoms with Crippen molar-refractivity contribution in [1.29, 1.82) is 0 Å². The summed E-state index contributed by atoms with van der Waals surface area (Å²) in [4.78, 5) is 60.5. The Bertz CT molecular complexity index is 1100. The SMILES string of the molecule is CC(C)[C@H](NC(=O)[C@H](C)NC(=O)[C@@H](NC(=O)[C@H](CCC(=O)O)NCCCc1ccc(F)c(F)c1F)[C@@H](C)O)C(=O)O. The molecule has 0 aliphatic rings. The lowest BCUT2D eigenvalue weighted by Gasteiger charge is -2.26. The first kappa shape index (κ1) is 35.3. The topological polar surface area (TPSA) is 194 Å². The molecule has 15 heteroatoms. The molecule has 0 bridgehead atoms. The fourth-order valence-electron chi connectivity index (χ4n) is 3.73. The number of nitrogens with one attached hydrogen (secondary N) is 4. The van der Waals surface area contributed by atoms with Crippen LogP contribution in [-0.4, -0.2) is 81.8 Å². The maximum atomic E-state index is 13.9. The number of amides is 3. The summed E-state index contributed by atoms with van der Waals surface area (Å²) in [5.74, 6) is -9.82. The third-order valence-corrected chi connectivity index (χ3v) is 6.14. The minimum Gasteiger partial charge on any atom is -0.481 e. The van der Waals surface area contributed by atoms with E-state index in [9.17, 15) is 47.4 Å². The number of carboxylic acids is 2. The Labute approximate surface area is 235 Å². The first-order valence-corrected chi connectivity index (χ1v) is 13.0. The van der Waals surface area contributed by atoms with Crippen LogP contribution < -0.4 is 21.3 Å². The van der Waals surface area contributed by atoms with Gasteiger partial charge in [0, 0.05) is 6.42 Å². The van der Waals surface area contributed by atoms with Gasteiger partial charge in [0.25, 0.3) is 0 Å². The highest BCUT2D eigenvalue weighted by Crippen LogP contribution is 2.16. The highest BCUT2D eigenvalue weighted by Gasteiger charge is 2.32. The van der Waals surface area contributed by atoms with Crippen molar-refractivity contribution in [2.24, 2.45) is 5.92 Å². The number of halogens is 3. The van der Waals surface area contributed by atoms with Gasteiger partial charge >= 0.3 is 11.9 Å². The molecule has 41 heavy (non-hydrogen) atoms. The van der Waals surface area contributed by atoms with Gasteiger partial charge in [-0.15, -0.1) is 0 Å². The smallest absolute Gasteiger partial charge is 0.326 e. The van der Waals surface area contributed by atoms with E-state index in [4.69, 9.17) is 5.11 Å². The fourth-order valence-corrected chi connectivity index (χ4v) is 3.73.